The number of carbonyl (C=O) groups excluding carboxylic acids is 1. The second kappa shape index (κ2) is 8.10. The average Bonchev–Trinajstić information content (AvgIpc) is 3.37. The molecule has 1 aliphatic rings. The van der Waals surface area contributed by atoms with Crippen LogP contribution in [0, 0.1) is 0 Å². The second-order valence-corrected chi connectivity index (χ2v) is 9.94. The van der Waals surface area contributed by atoms with Crippen LogP contribution < -0.4 is 0 Å². The normalized spacial score (nSPS) is 15.6. The molecule has 0 saturated carbocycles. The Hall–Kier alpha value is -2.49. The Morgan fingerprint density at radius 2 is 1.79 bits per heavy atom. The highest BCUT2D eigenvalue weighted by Crippen LogP contribution is 2.28. The molecule has 7 nitrogen and oxygen atoms in total. The van der Waals surface area contributed by atoms with Crippen molar-refractivity contribution in [1.29, 1.82) is 0 Å². The fraction of sp³-hybridized carbons (Fsp3) is 0.300. The first kappa shape index (κ1) is 19.8. The Morgan fingerprint density at radius 3 is 2.41 bits per heavy atom. The maximum atomic E-state index is 13.2. The molecule has 0 radical (unpaired) electrons. The lowest BCUT2D eigenvalue weighted by Gasteiger charge is -2.33. The van der Waals surface area contributed by atoms with Crippen LogP contribution in [0.15, 0.2) is 54.0 Å². The van der Waals surface area contributed by atoms with Crippen molar-refractivity contribution < 1.29 is 13.2 Å². The van der Waals surface area contributed by atoms with Crippen LogP contribution >= 0.6 is 11.3 Å². The van der Waals surface area contributed by atoms with Crippen molar-refractivity contribution in [2.24, 2.45) is 0 Å². The molecule has 1 aromatic carbocycles. The largest absolute Gasteiger partial charge is 0.336 e. The Labute approximate surface area is 174 Å². The third-order valence-electron chi connectivity index (χ3n) is 4.93. The van der Waals surface area contributed by atoms with E-state index in [-0.39, 0.29) is 5.91 Å². The number of carbonyl (C=O) groups is 1. The van der Waals surface area contributed by atoms with Crippen LogP contribution in [-0.4, -0.2) is 65.7 Å². The molecule has 2 aromatic heterocycles. The van der Waals surface area contributed by atoms with Gasteiger partial charge in [-0.3, -0.25) is 9.48 Å². The standard InChI is InChI=1S/C20H22N4O3S2/c1-29(26,27)24-11-9-22(10-12-24)20(25)17-15-23(14-16-6-3-2-4-7-16)21-19(17)18-8-5-13-28-18/h2-8,13,15H,9-12,14H2,1H3. The quantitative estimate of drug-likeness (QED) is 0.623. The molecule has 9 heteroatoms. The van der Waals surface area contributed by atoms with Gasteiger partial charge in [-0.2, -0.15) is 9.40 Å². The number of nitrogens with zero attached hydrogens (tertiary/aromatic N) is 4. The Kier molecular flexibility index (Phi) is 5.53. The summed E-state index contributed by atoms with van der Waals surface area (Å²) in [6, 6.07) is 13.9. The molecule has 1 saturated heterocycles. The van der Waals surface area contributed by atoms with Crippen LogP contribution in [0.25, 0.3) is 10.6 Å². The molecule has 152 valence electrons. The minimum Gasteiger partial charge on any atom is -0.336 e. The lowest BCUT2D eigenvalue weighted by atomic mass is 10.2. The van der Waals surface area contributed by atoms with Gasteiger partial charge in [-0.1, -0.05) is 36.4 Å². The van der Waals surface area contributed by atoms with Gasteiger partial charge in [0.1, 0.15) is 5.69 Å². The highest BCUT2D eigenvalue weighted by molar-refractivity contribution is 7.88. The molecular formula is C20H22N4O3S2. The maximum absolute atomic E-state index is 13.2. The smallest absolute Gasteiger partial charge is 0.257 e. The topological polar surface area (TPSA) is 75.5 Å². The first-order valence-corrected chi connectivity index (χ1v) is 12.0. The Bertz CT molecular complexity index is 1080. The van der Waals surface area contributed by atoms with Crippen molar-refractivity contribution in [2.45, 2.75) is 6.54 Å². The number of aromatic nitrogens is 2. The summed E-state index contributed by atoms with van der Waals surface area (Å²) in [5, 5.41) is 6.65. The lowest BCUT2D eigenvalue weighted by Crippen LogP contribution is -2.50. The summed E-state index contributed by atoms with van der Waals surface area (Å²) >= 11 is 1.54. The van der Waals surface area contributed by atoms with Gasteiger partial charge in [0, 0.05) is 32.4 Å². The van der Waals surface area contributed by atoms with E-state index in [2.05, 4.69) is 0 Å². The molecule has 0 aliphatic carbocycles. The Balaban J connectivity index is 1.59. The summed E-state index contributed by atoms with van der Waals surface area (Å²) in [6.07, 6.45) is 3.00. The molecule has 4 rings (SSSR count). The number of hydrogen-bond donors (Lipinski definition) is 0. The van der Waals surface area contributed by atoms with Crippen molar-refractivity contribution in [1.82, 2.24) is 19.0 Å². The van der Waals surface area contributed by atoms with E-state index in [0.29, 0.717) is 44.0 Å². The van der Waals surface area contributed by atoms with E-state index >= 15 is 0 Å². The zero-order valence-electron chi connectivity index (χ0n) is 16.1. The average molecular weight is 431 g/mol. The number of thiophene rings is 1. The van der Waals surface area contributed by atoms with Crippen molar-refractivity contribution in [3.05, 3.63) is 65.2 Å². The molecule has 1 aliphatic heterocycles. The fourth-order valence-electron chi connectivity index (χ4n) is 3.42. The number of sulfonamides is 1. The van der Waals surface area contributed by atoms with E-state index in [9.17, 15) is 13.2 Å². The van der Waals surface area contributed by atoms with Gasteiger partial charge in [-0.15, -0.1) is 11.3 Å². The van der Waals surface area contributed by atoms with Crippen molar-refractivity contribution in [2.75, 3.05) is 32.4 Å². The third kappa shape index (κ3) is 4.42. The summed E-state index contributed by atoms with van der Waals surface area (Å²) in [5.41, 5.74) is 2.33. The summed E-state index contributed by atoms with van der Waals surface area (Å²) in [7, 11) is -3.23. The molecule has 0 spiro atoms. The summed E-state index contributed by atoms with van der Waals surface area (Å²) in [5.74, 6) is -0.110. The van der Waals surface area contributed by atoms with E-state index in [4.69, 9.17) is 5.10 Å². The van der Waals surface area contributed by atoms with E-state index in [1.165, 1.54) is 10.6 Å². The minimum atomic E-state index is -3.23. The fourth-order valence-corrected chi connectivity index (χ4v) is 4.97. The molecule has 0 atom stereocenters. The van der Waals surface area contributed by atoms with E-state index in [1.54, 1.807) is 27.1 Å². The molecule has 0 N–H and O–H groups in total. The number of rotatable bonds is 5. The zero-order chi connectivity index (χ0) is 20.4. The van der Waals surface area contributed by atoms with Gasteiger partial charge in [-0.05, 0) is 17.0 Å². The summed E-state index contributed by atoms with van der Waals surface area (Å²) in [4.78, 5) is 15.9. The van der Waals surface area contributed by atoms with E-state index in [0.717, 1.165) is 10.4 Å². The van der Waals surface area contributed by atoms with Crippen LogP contribution in [0.1, 0.15) is 15.9 Å². The van der Waals surface area contributed by atoms with Crippen molar-refractivity contribution >= 4 is 27.3 Å². The van der Waals surface area contributed by atoms with Gasteiger partial charge in [0.2, 0.25) is 10.0 Å². The van der Waals surface area contributed by atoms with Gasteiger partial charge >= 0.3 is 0 Å². The van der Waals surface area contributed by atoms with Crippen LogP contribution in [0.5, 0.6) is 0 Å². The van der Waals surface area contributed by atoms with Crippen molar-refractivity contribution in [3.63, 3.8) is 0 Å². The van der Waals surface area contributed by atoms with Crippen LogP contribution in [-0.2, 0) is 16.6 Å². The third-order valence-corrected chi connectivity index (χ3v) is 7.11. The van der Waals surface area contributed by atoms with Crippen molar-refractivity contribution in [3.8, 4) is 10.6 Å². The predicted molar refractivity (Wildman–Crippen MR) is 113 cm³/mol. The highest BCUT2D eigenvalue weighted by Gasteiger charge is 2.29. The number of hydrogen-bond acceptors (Lipinski definition) is 5. The molecule has 3 heterocycles. The molecule has 3 aromatic rings. The number of amides is 1. The SMILES string of the molecule is CS(=O)(=O)N1CCN(C(=O)c2cn(Cc3ccccc3)nc2-c2cccs2)CC1. The Morgan fingerprint density at radius 1 is 1.07 bits per heavy atom. The van der Waals surface area contributed by atoms with Gasteiger partial charge in [-0.25, -0.2) is 8.42 Å². The molecule has 0 bridgehead atoms. The minimum absolute atomic E-state index is 0.110. The monoisotopic (exact) mass is 430 g/mol. The van der Waals surface area contributed by atoms with E-state index in [1.807, 2.05) is 47.8 Å². The van der Waals surface area contributed by atoms with Crippen LogP contribution in [0.2, 0.25) is 0 Å². The van der Waals surface area contributed by atoms with Gasteiger partial charge < -0.3 is 4.90 Å². The first-order valence-electron chi connectivity index (χ1n) is 9.31. The predicted octanol–water partition coefficient (Wildman–Crippen LogP) is 2.38. The summed E-state index contributed by atoms with van der Waals surface area (Å²) < 4.78 is 26.7. The highest BCUT2D eigenvalue weighted by atomic mass is 32.2. The molecule has 0 unspecified atom stereocenters. The lowest BCUT2D eigenvalue weighted by molar-refractivity contribution is 0.0699. The molecule has 29 heavy (non-hydrogen) atoms. The molecular weight excluding hydrogens is 408 g/mol. The zero-order valence-corrected chi connectivity index (χ0v) is 17.7. The number of benzene rings is 1. The van der Waals surface area contributed by atoms with Crippen LogP contribution in [0.4, 0.5) is 0 Å². The van der Waals surface area contributed by atoms with Gasteiger partial charge in [0.15, 0.2) is 0 Å². The second-order valence-electron chi connectivity index (χ2n) is 7.01. The van der Waals surface area contributed by atoms with E-state index < -0.39 is 10.0 Å². The van der Waals surface area contributed by atoms with Gasteiger partial charge in [0.25, 0.3) is 5.91 Å². The van der Waals surface area contributed by atoms with Gasteiger partial charge in [0.05, 0.1) is 23.2 Å². The maximum Gasteiger partial charge on any atom is 0.257 e. The van der Waals surface area contributed by atoms with Crippen LogP contribution in [0.3, 0.4) is 0 Å². The molecule has 1 fully saturated rings. The summed E-state index contributed by atoms with van der Waals surface area (Å²) in [6.45, 7) is 1.96. The first-order chi connectivity index (χ1) is 13.9. The molecule has 1 amide bonds. The number of piperazine rings is 1.